The van der Waals surface area contributed by atoms with Crippen LogP contribution in [0.3, 0.4) is 0 Å². The summed E-state index contributed by atoms with van der Waals surface area (Å²) in [5, 5.41) is 42.3. The monoisotopic (exact) mass is 548 g/mol. The fourth-order valence-electron chi connectivity index (χ4n) is 3.70. The van der Waals surface area contributed by atoms with Gasteiger partial charge in [-0.25, -0.2) is 0 Å². The molecule has 0 amide bonds. The van der Waals surface area contributed by atoms with Crippen LogP contribution in [0.25, 0.3) is 0 Å². The Balaban J connectivity index is -0.000000112. The van der Waals surface area contributed by atoms with E-state index in [4.69, 9.17) is 0 Å². The van der Waals surface area contributed by atoms with E-state index in [1.165, 1.54) is 0 Å². The maximum atomic E-state index is 10.8. The van der Waals surface area contributed by atoms with Gasteiger partial charge in [-0.3, -0.25) is 0 Å². The molecule has 0 fully saturated rings. The number of unbranched alkanes of at least 4 members (excludes halogenated alkanes) is 2. The third-order valence-corrected chi connectivity index (χ3v) is 5.82. The molecule has 0 saturated heterocycles. The van der Waals surface area contributed by atoms with E-state index >= 15 is 0 Å². The molecular weight excluding hydrogens is 508 g/mol. The Bertz CT molecular complexity index is 516. The van der Waals surface area contributed by atoms with E-state index in [0.29, 0.717) is 12.8 Å². The molecule has 0 aliphatic heterocycles. The second-order valence-corrected chi connectivity index (χ2v) is 8.49. The van der Waals surface area contributed by atoms with Crippen molar-refractivity contribution >= 4 is 23.9 Å². The number of carboxylic acids is 4. The molecule has 0 aromatic rings. The van der Waals surface area contributed by atoms with E-state index in [1.54, 1.807) is 0 Å². The van der Waals surface area contributed by atoms with Crippen LogP contribution < -0.4 is 139 Å². The smallest absolute Gasteiger partial charge is 0.550 e. The minimum absolute atomic E-state index is 0. The predicted molar refractivity (Wildman–Crippen MR) is 112 cm³/mol. The van der Waals surface area contributed by atoms with E-state index < -0.39 is 48.6 Å². The van der Waals surface area contributed by atoms with Crippen LogP contribution >= 0.6 is 0 Å². The van der Waals surface area contributed by atoms with Gasteiger partial charge in [0.25, 0.3) is 0 Å². The molecule has 0 bridgehead atoms. The zero-order chi connectivity index (χ0) is 25.1. The van der Waals surface area contributed by atoms with E-state index in [9.17, 15) is 39.6 Å². The van der Waals surface area contributed by atoms with Gasteiger partial charge in [0.1, 0.15) is 0 Å². The molecule has 0 aromatic heterocycles. The fourth-order valence-corrected chi connectivity index (χ4v) is 3.70. The number of aliphatic carboxylic acids is 4. The summed E-state index contributed by atoms with van der Waals surface area (Å²) in [5.41, 5.74) is 0. The van der Waals surface area contributed by atoms with Crippen LogP contribution in [0.2, 0.25) is 0 Å². The minimum atomic E-state index is -1.32. The van der Waals surface area contributed by atoms with Gasteiger partial charge in [0.15, 0.2) is 0 Å². The first kappa shape index (κ1) is 50.7. The van der Waals surface area contributed by atoms with Crippen LogP contribution in [0.15, 0.2) is 0 Å². The first-order valence-corrected chi connectivity index (χ1v) is 11.8. The minimum Gasteiger partial charge on any atom is -0.550 e. The second kappa shape index (κ2) is 33.1. The number of hydrogen-bond acceptors (Lipinski definition) is 8. The van der Waals surface area contributed by atoms with Crippen molar-refractivity contribution in [2.75, 3.05) is 0 Å². The van der Waals surface area contributed by atoms with Crippen LogP contribution in [0.5, 0.6) is 0 Å². The van der Waals surface area contributed by atoms with Gasteiger partial charge in [0.05, 0.1) is 0 Å². The molecular formula is C24H40Na4O8. The standard InChI is InChI=1S/2C12H22O4.4Na/c2*1-3-5-6-9(4-2)7-10(12(15)16)8-11(13)14;;;;/h2*9-10H,3-8H2,1-2H3,(H,13,14)(H,15,16);;;;/q;;4*+1/p-4. The maximum absolute atomic E-state index is 10.8. The summed E-state index contributed by atoms with van der Waals surface area (Å²) in [5.74, 6) is -6.49. The molecule has 0 radical (unpaired) electrons. The molecule has 8 nitrogen and oxygen atoms in total. The molecule has 0 aliphatic carbocycles. The summed E-state index contributed by atoms with van der Waals surface area (Å²) in [6, 6.07) is 0. The van der Waals surface area contributed by atoms with Gasteiger partial charge in [-0.15, -0.1) is 0 Å². The molecule has 36 heavy (non-hydrogen) atoms. The summed E-state index contributed by atoms with van der Waals surface area (Å²) in [4.78, 5) is 42.3. The summed E-state index contributed by atoms with van der Waals surface area (Å²) in [7, 11) is 0. The Morgan fingerprint density at radius 3 is 1.00 bits per heavy atom. The third-order valence-electron chi connectivity index (χ3n) is 5.82. The van der Waals surface area contributed by atoms with Crippen molar-refractivity contribution < 1.29 is 158 Å². The maximum Gasteiger partial charge on any atom is 1.00 e. The Labute approximate surface area is 306 Å². The zero-order valence-electron chi connectivity index (χ0n) is 24.1. The molecule has 0 rings (SSSR count). The topological polar surface area (TPSA) is 161 Å². The molecule has 0 aromatic carbocycles. The molecule has 12 heteroatoms. The van der Waals surface area contributed by atoms with Crippen molar-refractivity contribution in [3.05, 3.63) is 0 Å². The van der Waals surface area contributed by atoms with E-state index in [1.807, 2.05) is 13.8 Å². The summed E-state index contributed by atoms with van der Waals surface area (Å²) < 4.78 is 0. The first-order chi connectivity index (χ1) is 15.0. The second-order valence-electron chi connectivity index (χ2n) is 8.49. The summed E-state index contributed by atoms with van der Waals surface area (Å²) >= 11 is 0. The fraction of sp³-hybridized carbons (Fsp3) is 0.833. The number of rotatable bonds is 18. The van der Waals surface area contributed by atoms with Gasteiger partial charge in [-0.2, -0.15) is 0 Å². The predicted octanol–water partition coefficient (Wildman–Crippen LogP) is -11.8. The average Bonchev–Trinajstić information content (AvgIpc) is 2.72. The third kappa shape index (κ3) is 30.4. The first-order valence-electron chi connectivity index (χ1n) is 11.8. The normalized spacial score (nSPS) is 12.8. The average molecular weight is 549 g/mol. The van der Waals surface area contributed by atoms with Crippen molar-refractivity contribution in [2.45, 2.75) is 105 Å². The largest absolute Gasteiger partial charge is 1.00 e. The van der Waals surface area contributed by atoms with Crippen molar-refractivity contribution in [1.82, 2.24) is 0 Å². The van der Waals surface area contributed by atoms with Gasteiger partial charge < -0.3 is 39.6 Å². The van der Waals surface area contributed by atoms with Gasteiger partial charge in [-0.1, -0.05) is 79.1 Å². The molecule has 4 unspecified atom stereocenters. The Kier molecular flexibility index (Phi) is 46.6. The van der Waals surface area contributed by atoms with Crippen LogP contribution in [-0.4, -0.2) is 23.9 Å². The van der Waals surface area contributed by atoms with Gasteiger partial charge in [0, 0.05) is 35.7 Å². The van der Waals surface area contributed by atoms with E-state index in [2.05, 4.69) is 13.8 Å². The number of carbonyl (C=O) groups is 4. The molecule has 0 saturated carbocycles. The van der Waals surface area contributed by atoms with Gasteiger partial charge >= 0.3 is 118 Å². The van der Waals surface area contributed by atoms with Crippen LogP contribution in [-0.2, 0) is 19.2 Å². The van der Waals surface area contributed by atoms with Crippen LogP contribution in [0.4, 0.5) is 0 Å². The number of carbonyl (C=O) groups excluding carboxylic acids is 4. The van der Waals surface area contributed by atoms with E-state index in [-0.39, 0.29) is 130 Å². The molecule has 0 spiro atoms. The zero-order valence-corrected chi connectivity index (χ0v) is 32.1. The molecule has 0 N–H and O–H groups in total. The number of hydrogen-bond donors (Lipinski definition) is 0. The molecule has 0 aliphatic rings. The SMILES string of the molecule is CCCCC(CC)CC(CC(=O)[O-])C(=O)[O-].CCCCC(CC)CC(CC(=O)[O-])C(=O)[O-].[Na+].[Na+].[Na+].[Na+]. The van der Waals surface area contributed by atoms with E-state index in [0.717, 1.165) is 51.4 Å². The summed E-state index contributed by atoms with van der Waals surface area (Å²) in [6.45, 7) is 8.13. The molecule has 0 heterocycles. The van der Waals surface area contributed by atoms with Crippen molar-refractivity contribution in [1.29, 1.82) is 0 Å². The Hall–Kier alpha value is 1.88. The quantitative estimate of drug-likeness (QED) is 0.153. The molecule has 4 atom stereocenters. The number of carboxylic acid groups (broad SMARTS) is 4. The van der Waals surface area contributed by atoms with Crippen LogP contribution in [0, 0.1) is 23.7 Å². The van der Waals surface area contributed by atoms with Gasteiger partial charge in [-0.05, 0) is 37.5 Å². The van der Waals surface area contributed by atoms with Crippen LogP contribution in [0.1, 0.15) is 105 Å². The summed E-state index contributed by atoms with van der Waals surface area (Å²) in [6.07, 6.45) is 7.74. The molecule has 188 valence electrons. The van der Waals surface area contributed by atoms with Crippen molar-refractivity contribution in [2.24, 2.45) is 23.7 Å². The Morgan fingerprint density at radius 1 is 0.556 bits per heavy atom. The van der Waals surface area contributed by atoms with Crippen molar-refractivity contribution in [3.8, 4) is 0 Å². The van der Waals surface area contributed by atoms with Crippen molar-refractivity contribution in [3.63, 3.8) is 0 Å². The van der Waals surface area contributed by atoms with Gasteiger partial charge in [0.2, 0.25) is 0 Å². The Morgan fingerprint density at radius 2 is 0.833 bits per heavy atom.